The van der Waals surface area contributed by atoms with E-state index in [-0.39, 0.29) is 25.1 Å². The molecule has 1 aliphatic heterocycles. The van der Waals surface area contributed by atoms with Crippen LogP contribution in [0.1, 0.15) is 29.3 Å². The third kappa shape index (κ3) is 4.13. The Morgan fingerprint density at radius 2 is 1.90 bits per heavy atom. The Labute approximate surface area is 179 Å². The molecule has 1 atom stereocenters. The van der Waals surface area contributed by atoms with Gasteiger partial charge in [0, 0.05) is 30.5 Å². The van der Waals surface area contributed by atoms with Crippen LogP contribution >= 0.6 is 0 Å². The van der Waals surface area contributed by atoms with Gasteiger partial charge in [-0.15, -0.1) is 0 Å². The molecule has 0 aliphatic carbocycles. The number of hydrogen-bond donors (Lipinski definition) is 2. The number of nitrogens with one attached hydrogen (secondary N) is 1. The fourth-order valence-electron chi connectivity index (χ4n) is 3.50. The molecule has 2 aromatic rings. The third-order valence-electron chi connectivity index (χ3n) is 5.73. The van der Waals surface area contributed by atoms with Crippen molar-refractivity contribution in [3.05, 3.63) is 53.3 Å². The van der Waals surface area contributed by atoms with Gasteiger partial charge >= 0.3 is 0 Å². The van der Waals surface area contributed by atoms with Gasteiger partial charge in [-0.3, -0.25) is 14.8 Å². The van der Waals surface area contributed by atoms with E-state index in [1.165, 1.54) is 30.5 Å². The van der Waals surface area contributed by atoms with Crippen LogP contribution < -0.4 is 10.2 Å². The Morgan fingerprint density at radius 1 is 1.26 bits per heavy atom. The monoisotopic (exact) mass is 450 g/mol. The highest BCUT2D eigenvalue weighted by molar-refractivity contribution is 7.92. The standard InChI is InChI=1S/C21H23FN2O6S/c1-21(20(26)23-27,31(3,28)29)8-9-24-12-14-10-16(18(22)11-17(14)19(24)25)13-4-6-15(30-2)7-5-13/h4-7,10-11,27H,8-9,12H2,1-3H3,(H,23,26). The van der Waals surface area contributed by atoms with Crippen molar-refractivity contribution >= 4 is 21.7 Å². The molecule has 10 heteroatoms. The summed E-state index contributed by atoms with van der Waals surface area (Å²) >= 11 is 0. The number of nitrogens with zero attached hydrogens (tertiary/aromatic N) is 1. The van der Waals surface area contributed by atoms with Crippen LogP contribution in [-0.4, -0.2) is 55.0 Å². The zero-order valence-corrected chi connectivity index (χ0v) is 18.1. The van der Waals surface area contributed by atoms with E-state index in [0.717, 1.165) is 6.26 Å². The molecular formula is C21H23FN2O6S. The van der Waals surface area contributed by atoms with E-state index in [2.05, 4.69) is 0 Å². The van der Waals surface area contributed by atoms with Gasteiger partial charge in [0.15, 0.2) is 14.6 Å². The molecule has 0 saturated carbocycles. The molecule has 166 valence electrons. The molecule has 0 spiro atoms. The second kappa shape index (κ2) is 8.27. The number of halogens is 1. The number of amides is 2. The van der Waals surface area contributed by atoms with Gasteiger partial charge in [0.2, 0.25) is 0 Å². The molecule has 31 heavy (non-hydrogen) atoms. The maximum absolute atomic E-state index is 14.7. The van der Waals surface area contributed by atoms with Crippen LogP contribution in [0.5, 0.6) is 5.75 Å². The Morgan fingerprint density at radius 3 is 2.45 bits per heavy atom. The Kier molecular flexibility index (Phi) is 6.06. The van der Waals surface area contributed by atoms with Gasteiger partial charge in [-0.05, 0) is 48.7 Å². The topological polar surface area (TPSA) is 113 Å². The molecule has 8 nitrogen and oxygen atoms in total. The van der Waals surface area contributed by atoms with E-state index in [0.29, 0.717) is 22.4 Å². The molecule has 3 rings (SSSR count). The van der Waals surface area contributed by atoms with Crippen LogP contribution in [0.15, 0.2) is 36.4 Å². The number of carbonyl (C=O) groups excluding carboxylic acids is 2. The second-order valence-corrected chi connectivity index (χ2v) is 10.1. The molecule has 0 radical (unpaired) electrons. The van der Waals surface area contributed by atoms with Gasteiger partial charge in [0.05, 0.1) is 7.11 Å². The van der Waals surface area contributed by atoms with E-state index < -0.39 is 32.2 Å². The second-order valence-electron chi connectivity index (χ2n) is 7.64. The molecule has 0 bridgehead atoms. The quantitative estimate of drug-likeness (QED) is 0.494. The maximum Gasteiger partial charge on any atom is 0.264 e. The number of hydrogen-bond acceptors (Lipinski definition) is 6. The first kappa shape index (κ1) is 22.7. The fraction of sp³-hybridized carbons (Fsp3) is 0.333. The first-order valence-electron chi connectivity index (χ1n) is 9.42. The van der Waals surface area contributed by atoms with Crippen LogP contribution in [0.25, 0.3) is 11.1 Å². The SMILES string of the molecule is COc1ccc(-c2cc3c(cc2F)C(=O)N(CCC(C)(C(=O)NO)S(C)(=O)=O)C3)cc1. The van der Waals surface area contributed by atoms with Gasteiger partial charge in [-0.2, -0.15) is 0 Å². The van der Waals surface area contributed by atoms with Gasteiger partial charge in [-0.25, -0.2) is 18.3 Å². The molecule has 1 aliphatic rings. The highest BCUT2D eigenvalue weighted by Gasteiger charge is 2.44. The predicted molar refractivity (Wildman–Crippen MR) is 111 cm³/mol. The lowest BCUT2D eigenvalue weighted by atomic mass is 9.99. The summed E-state index contributed by atoms with van der Waals surface area (Å²) in [6.45, 7) is 1.27. The van der Waals surface area contributed by atoms with E-state index in [1.807, 2.05) is 0 Å². The molecule has 1 heterocycles. The minimum atomic E-state index is -3.89. The average Bonchev–Trinajstić information content (AvgIpc) is 3.04. The molecule has 0 saturated heterocycles. The number of benzene rings is 2. The highest BCUT2D eigenvalue weighted by atomic mass is 32.2. The van der Waals surface area contributed by atoms with Crippen molar-refractivity contribution in [3.63, 3.8) is 0 Å². The van der Waals surface area contributed by atoms with Crippen molar-refractivity contribution < 1.29 is 32.3 Å². The van der Waals surface area contributed by atoms with E-state index in [4.69, 9.17) is 9.94 Å². The van der Waals surface area contributed by atoms with Crippen LogP contribution in [-0.2, 0) is 21.2 Å². The normalized spacial score (nSPS) is 15.4. The summed E-state index contributed by atoms with van der Waals surface area (Å²) in [5.74, 6) is -1.45. The minimum absolute atomic E-state index is 0.0655. The van der Waals surface area contributed by atoms with Crippen LogP contribution in [0, 0.1) is 5.82 Å². The van der Waals surface area contributed by atoms with Gasteiger partial charge in [-0.1, -0.05) is 12.1 Å². The number of ether oxygens (including phenoxy) is 1. The summed E-state index contributed by atoms with van der Waals surface area (Å²) in [6.07, 6.45) is 0.658. The minimum Gasteiger partial charge on any atom is -0.497 e. The van der Waals surface area contributed by atoms with Crippen molar-refractivity contribution in [2.24, 2.45) is 0 Å². The fourth-order valence-corrected chi connectivity index (χ4v) is 4.35. The first-order valence-corrected chi connectivity index (χ1v) is 11.3. The number of carbonyl (C=O) groups is 2. The highest BCUT2D eigenvalue weighted by Crippen LogP contribution is 2.33. The largest absolute Gasteiger partial charge is 0.497 e. The van der Waals surface area contributed by atoms with Crippen molar-refractivity contribution in [2.45, 2.75) is 24.6 Å². The van der Waals surface area contributed by atoms with Gasteiger partial charge in [0.1, 0.15) is 11.6 Å². The number of fused-ring (bicyclic) bond motifs is 1. The summed E-state index contributed by atoms with van der Waals surface area (Å²) in [4.78, 5) is 26.1. The van der Waals surface area contributed by atoms with E-state index in [9.17, 15) is 22.4 Å². The lowest BCUT2D eigenvalue weighted by Crippen LogP contribution is -2.50. The Hall–Kier alpha value is -2.98. The number of hydroxylamine groups is 1. The molecule has 0 fully saturated rings. The zero-order valence-electron chi connectivity index (χ0n) is 17.3. The van der Waals surface area contributed by atoms with Crippen LogP contribution in [0.2, 0.25) is 0 Å². The van der Waals surface area contributed by atoms with Crippen LogP contribution in [0.3, 0.4) is 0 Å². The average molecular weight is 450 g/mol. The molecular weight excluding hydrogens is 427 g/mol. The smallest absolute Gasteiger partial charge is 0.264 e. The molecule has 1 unspecified atom stereocenters. The van der Waals surface area contributed by atoms with E-state index >= 15 is 0 Å². The summed E-state index contributed by atoms with van der Waals surface area (Å²) in [6, 6.07) is 9.61. The first-order chi connectivity index (χ1) is 14.5. The Balaban J connectivity index is 1.84. The molecule has 0 aromatic heterocycles. The van der Waals surface area contributed by atoms with E-state index in [1.54, 1.807) is 30.3 Å². The molecule has 2 N–H and O–H groups in total. The summed E-state index contributed by atoms with van der Waals surface area (Å²) < 4.78 is 42.2. The zero-order chi connectivity index (χ0) is 23.0. The number of sulfone groups is 1. The van der Waals surface area contributed by atoms with Crippen molar-refractivity contribution in [1.82, 2.24) is 10.4 Å². The van der Waals surface area contributed by atoms with Gasteiger partial charge < -0.3 is 9.64 Å². The van der Waals surface area contributed by atoms with Crippen molar-refractivity contribution in [2.75, 3.05) is 19.9 Å². The lowest BCUT2D eigenvalue weighted by Gasteiger charge is -2.27. The Bertz CT molecular complexity index is 1130. The summed E-state index contributed by atoms with van der Waals surface area (Å²) in [7, 11) is -2.36. The number of rotatable bonds is 7. The third-order valence-corrected chi connectivity index (χ3v) is 7.76. The van der Waals surface area contributed by atoms with Crippen molar-refractivity contribution in [1.29, 1.82) is 0 Å². The maximum atomic E-state index is 14.7. The number of methoxy groups -OCH3 is 1. The van der Waals surface area contributed by atoms with Gasteiger partial charge in [0.25, 0.3) is 11.8 Å². The van der Waals surface area contributed by atoms with Crippen molar-refractivity contribution in [3.8, 4) is 16.9 Å². The lowest BCUT2D eigenvalue weighted by molar-refractivity contribution is -0.131. The summed E-state index contributed by atoms with van der Waals surface area (Å²) in [5.41, 5.74) is 3.13. The molecule has 2 amide bonds. The summed E-state index contributed by atoms with van der Waals surface area (Å²) in [5, 5.41) is 8.93. The van der Waals surface area contributed by atoms with Crippen LogP contribution in [0.4, 0.5) is 4.39 Å². The predicted octanol–water partition coefficient (Wildman–Crippen LogP) is 2.16. The molecule has 2 aromatic carbocycles.